The first kappa shape index (κ1) is 10.2. The van der Waals surface area contributed by atoms with Crippen LogP contribution in [0.15, 0.2) is 11.2 Å². The molecular formula is C8H17ClSi. The van der Waals surface area contributed by atoms with Crippen molar-refractivity contribution < 1.29 is 0 Å². The van der Waals surface area contributed by atoms with Crippen molar-refractivity contribution in [1.82, 2.24) is 0 Å². The SMILES string of the molecule is CC[Si](C=CCl)(CC)CC. The van der Waals surface area contributed by atoms with E-state index in [9.17, 15) is 0 Å². The molecule has 10 heavy (non-hydrogen) atoms. The third-order valence-electron chi connectivity index (χ3n) is 2.53. The van der Waals surface area contributed by atoms with Crippen LogP contribution in [0.2, 0.25) is 18.1 Å². The summed E-state index contributed by atoms with van der Waals surface area (Å²) in [6.45, 7) is 6.82. The molecule has 2 heteroatoms. The molecule has 0 spiro atoms. The van der Waals surface area contributed by atoms with Crippen molar-refractivity contribution in [2.24, 2.45) is 0 Å². The Bertz CT molecular complexity index is 97.6. The molecule has 0 radical (unpaired) electrons. The molecule has 0 bridgehead atoms. The van der Waals surface area contributed by atoms with Gasteiger partial charge in [-0.15, -0.1) is 0 Å². The van der Waals surface area contributed by atoms with Crippen molar-refractivity contribution in [3.8, 4) is 0 Å². The van der Waals surface area contributed by atoms with Crippen molar-refractivity contribution in [2.45, 2.75) is 38.9 Å². The van der Waals surface area contributed by atoms with Gasteiger partial charge >= 0.3 is 0 Å². The molecule has 0 fully saturated rings. The summed E-state index contributed by atoms with van der Waals surface area (Å²) in [7, 11) is -1.03. The Balaban J connectivity index is 4.15. The van der Waals surface area contributed by atoms with Gasteiger partial charge in [0.05, 0.1) is 8.07 Å². The van der Waals surface area contributed by atoms with Crippen LogP contribution in [0.3, 0.4) is 0 Å². The van der Waals surface area contributed by atoms with E-state index in [-0.39, 0.29) is 0 Å². The van der Waals surface area contributed by atoms with Gasteiger partial charge in [0.25, 0.3) is 0 Å². The zero-order chi connectivity index (χ0) is 8.04. The van der Waals surface area contributed by atoms with E-state index in [4.69, 9.17) is 11.6 Å². The molecule has 0 nitrogen and oxygen atoms in total. The van der Waals surface area contributed by atoms with Crippen LogP contribution < -0.4 is 0 Å². The third-order valence-corrected chi connectivity index (χ3v) is 7.96. The number of rotatable bonds is 4. The van der Waals surface area contributed by atoms with Crippen LogP contribution >= 0.6 is 11.6 Å². The van der Waals surface area contributed by atoms with Crippen LogP contribution in [0.5, 0.6) is 0 Å². The largest absolute Gasteiger partial charge is 0.0937 e. The zero-order valence-electron chi connectivity index (χ0n) is 7.15. The van der Waals surface area contributed by atoms with Crippen LogP contribution in [0.4, 0.5) is 0 Å². The minimum atomic E-state index is -1.03. The van der Waals surface area contributed by atoms with Crippen LogP contribution in [0.25, 0.3) is 0 Å². The predicted octanol–water partition coefficient (Wildman–Crippen LogP) is 3.79. The summed E-state index contributed by atoms with van der Waals surface area (Å²) >= 11 is 5.58. The van der Waals surface area contributed by atoms with Crippen molar-refractivity contribution in [3.05, 3.63) is 11.2 Å². The topological polar surface area (TPSA) is 0 Å². The van der Waals surface area contributed by atoms with E-state index in [2.05, 4.69) is 26.5 Å². The minimum Gasteiger partial charge on any atom is -0.0937 e. The molecule has 0 rings (SSSR count). The lowest BCUT2D eigenvalue weighted by atomic mass is 10.9. The highest BCUT2D eigenvalue weighted by molar-refractivity contribution is 6.84. The Morgan fingerprint density at radius 3 is 1.60 bits per heavy atom. The molecule has 0 saturated heterocycles. The Morgan fingerprint density at radius 1 is 1.10 bits per heavy atom. The van der Waals surface area contributed by atoms with E-state index < -0.39 is 8.07 Å². The first-order valence-electron chi connectivity index (χ1n) is 4.02. The van der Waals surface area contributed by atoms with E-state index >= 15 is 0 Å². The van der Waals surface area contributed by atoms with Crippen molar-refractivity contribution in [1.29, 1.82) is 0 Å². The molecule has 0 heterocycles. The minimum absolute atomic E-state index is 1.03. The van der Waals surface area contributed by atoms with Gasteiger partial charge in [-0.05, 0) is 5.54 Å². The van der Waals surface area contributed by atoms with Crippen LogP contribution in [0, 0.1) is 0 Å². The van der Waals surface area contributed by atoms with Gasteiger partial charge in [0, 0.05) is 0 Å². The van der Waals surface area contributed by atoms with Crippen molar-refractivity contribution >= 4 is 19.7 Å². The van der Waals surface area contributed by atoms with E-state index in [1.807, 2.05) is 0 Å². The Hall–Kier alpha value is 0.247. The summed E-state index contributed by atoms with van der Waals surface area (Å²) in [5.41, 5.74) is 3.97. The zero-order valence-corrected chi connectivity index (χ0v) is 8.91. The monoisotopic (exact) mass is 176 g/mol. The summed E-state index contributed by atoms with van der Waals surface area (Å²) in [6, 6.07) is 3.97. The lowest BCUT2D eigenvalue weighted by Crippen LogP contribution is -2.28. The fourth-order valence-electron chi connectivity index (χ4n) is 1.24. The Labute approximate surface area is 70.3 Å². The Kier molecular flexibility index (Phi) is 5.09. The lowest BCUT2D eigenvalue weighted by Gasteiger charge is -2.22. The van der Waals surface area contributed by atoms with Gasteiger partial charge < -0.3 is 0 Å². The van der Waals surface area contributed by atoms with Gasteiger partial charge in [-0.3, -0.25) is 0 Å². The summed E-state index contributed by atoms with van der Waals surface area (Å²) in [5, 5.41) is 0. The molecule has 0 aromatic carbocycles. The van der Waals surface area contributed by atoms with E-state index in [1.54, 1.807) is 5.54 Å². The fourth-order valence-corrected chi connectivity index (χ4v) is 4.51. The maximum Gasteiger partial charge on any atom is 0.0781 e. The van der Waals surface area contributed by atoms with Gasteiger partial charge in [-0.25, -0.2) is 0 Å². The second-order valence-corrected chi connectivity index (χ2v) is 8.15. The number of hydrogen-bond donors (Lipinski definition) is 0. The summed E-state index contributed by atoms with van der Waals surface area (Å²) in [5.74, 6) is 0. The van der Waals surface area contributed by atoms with Gasteiger partial charge in [-0.2, -0.15) is 0 Å². The Morgan fingerprint density at radius 2 is 1.50 bits per heavy atom. The number of halogens is 1. The highest BCUT2D eigenvalue weighted by Gasteiger charge is 2.22. The van der Waals surface area contributed by atoms with E-state index in [0.29, 0.717) is 0 Å². The molecule has 0 unspecified atom stereocenters. The molecule has 0 aliphatic heterocycles. The highest BCUT2D eigenvalue weighted by atomic mass is 35.5. The van der Waals surface area contributed by atoms with Gasteiger partial charge in [0.1, 0.15) is 0 Å². The van der Waals surface area contributed by atoms with Crippen molar-refractivity contribution in [2.75, 3.05) is 0 Å². The molecule has 60 valence electrons. The quantitative estimate of drug-likeness (QED) is 0.572. The van der Waals surface area contributed by atoms with Gasteiger partial charge in [0.15, 0.2) is 0 Å². The van der Waals surface area contributed by atoms with Crippen molar-refractivity contribution in [3.63, 3.8) is 0 Å². The standard InChI is InChI=1S/C8H17ClSi/c1-4-10(5-2,6-3)8-7-9/h7-8H,4-6H2,1-3H3. The van der Waals surface area contributed by atoms with E-state index in [0.717, 1.165) is 0 Å². The summed E-state index contributed by atoms with van der Waals surface area (Å²) in [6.07, 6.45) is 0. The molecule has 0 atom stereocenters. The molecule has 0 aliphatic carbocycles. The predicted molar refractivity (Wildman–Crippen MR) is 52.2 cm³/mol. The molecule has 0 aromatic rings. The second-order valence-electron chi connectivity index (χ2n) is 2.72. The first-order valence-corrected chi connectivity index (χ1v) is 7.16. The normalized spacial score (nSPS) is 12.8. The van der Waals surface area contributed by atoms with E-state index in [1.165, 1.54) is 18.1 Å². The average molecular weight is 177 g/mol. The average Bonchev–Trinajstić information content (AvgIpc) is 2.01. The van der Waals surface area contributed by atoms with Gasteiger partial charge in [0.2, 0.25) is 0 Å². The molecular weight excluding hydrogens is 160 g/mol. The fraction of sp³-hybridized carbons (Fsp3) is 0.750. The highest BCUT2D eigenvalue weighted by Crippen LogP contribution is 2.21. The molecule has 0 aromatic heterocycles. The number of hydrogen-bond acceptors (Lipinski definition) is 0. The molecule has 0 saturated carbocycles. The first-order chi connectivity index (χ1) is 4.74. The summed E-state index contributed by atoms with van der Waals surface area (Å²) < 4.78 is 0. The van der Waals surface area contributed by atoms with Crippen LogP contribution in [-0.4, -0.2) is 8.07 Å². The second kappa shape index (κ2) is 4.97. The van der Waals surface area contributed by atoms with Crippen LogP contribution in [0.1, 0.15) is 20.8 Å². The third kappa shape index (κ3) is 2.47. The summed E-state index contributed by atoms with van der Waals surface area (Å²) in [4.78, 5) is 0. The molecule has 0 aliphatic rings. The smallest absolute Gasteiger partial charge is 0.0781 e. The maximum absolute atomic E-state index is 5.58. The molecule has 0 N–H and O–H groups in total. The maximum atomic E-state index is 5.58. The molecule has 0 amide bonds. The van der Waals surface area contributed by atoms with Crippen LogP contribution in [-0.2, 0) is 0 Å². The lowest BCUT2D eigenvalue weighted by molar-refractivity contribution is 1.19. The van der Waals surface area contributed by atoms with Gasteiger partial charge in [-0.1, -0.05) is 56.2 Å².